The fraction of sp³-hybridized carbons (Fsp3) is 0.167. The minimum atomic E-state index is -1.14. The summed E-state index contributed by atoms with van der Waals surface area (Å²) in [5.74, 6) is -2.85. The highest BCUT2D eigenvalue weighted by Gasteiger charge is 2.17. The summed E-state index contributed by atoms with van der Waals surface area (Å²) in [5, 5.41) is 8.91. The first kappa shape index (κ1) is 12.2. The number of nitrogens with one attached hydrogen (secondary N) is 2. The third-order valence-corrected chi connectivity index (χ3v) is 2.56. The number of amides is 1. The Morgan fingerprint density at radius 2 is 2.22 bits per heavy atom. The second-order valence-electron chi connectivity index (χ2n) is 3.83. The molecule has 2 N–H and O–H groups in total. The van der Waals surface area contributed by atoms with E-state index in [-0.39, 0.29) is 11.6 Å². The first-order valence-corrected chi connectivity index (χ1v) is 5.33. The van der Waals surface area contributed by atoms with Crippen LogP contribution < -0.4 is 5.32 Å². The highest BCUT2D eigenvalue weighted by molar-refractivity contribution is 5.94. The SMILES string of the molecule is CC(NC(=O)c1cccc(F)c1F)c1cn[nH]c1. The van der Waals surface area contributed by atoms with Crippen LogP contribution in [0.5, 0.6) is 0 Å². The monoisotopic (exact) mass is 251 g/mol. The van der Waals surface area contributed by atoms with Gasteiger partial charge in [-0.05, 0) is 19.1 Å². The van der Waals surface area contributed by atoms with E-state index in [0.29, 0.717) is 0 Å². The number of rotatable bonds is 3. The van der Waals surface area contributed by atoms with E-state index in [4.69, 9.17) is 0 Å². The van der Waals surface area contributed by atoms with Gasteiger partial charge in [-0.3, -0.25) is 9.89 Å². The number of benzene rings is 1. The molecule has 1 aromatic heterocycles. The Morgan fingerprint density at radius 3 is 2.89 bits per heavy atom. The van der Waals surface area contributed by atoms with Crippen molar-refractivity contribution < 1.29 is 13.6 Å². The van der Waals surface area contributed by atoms with E-state index in [1.54, 1.807) is 19.3 Å². The quantitative estimate of drug-likeness (QED) is 0.878. The van der Waals surface area contributed by atoms with Gasteiger partial charge in [0.25, 0.3) is 5.91 Å². The zero-order valence-corrected chi connectivity index (χ0v) is 9.58. The molecule has 0 saturated heterocycles. The van der Waals surface area contributed by atoms with Crippen molar-refractivity contribution in [2.75, 3.05) is 0 Å². The van der Waals surface area contributed by atoms with Crippen molar-refractivity contribution >= 4 is 5.91 Å². The molecule has 18 heavy (non-hydrogen) atoms. The van der Waals surface area contributed by atoms with Crippen molar-refractivity contribution in [1.82, 2.24) is 15.5 Å². The van der Waals surface area contributed by atoms with Gasteiger partial charge in [-0.15, -0.1) is 0 Å². The maximum Gasteiger partial charge on any atom is 0.254 e. The Kier molecular flexibility index (Phi) is 3.36. The number of halogens is 2. The normalized spacial score (nSPS) is 12.2. The van der Waals surface area contributed by atoms with E-state index in [1.165, 1.54) is 12.1 Å². The molecule has 0 fully saturated rings. The highest BCUT2D eigenvalue weighted by Crippen LogP contribution is 2.14. The maximum absolute atomic E-state index is 13.4. The van der Waals surface area contributed by atoms with Crippen molar-refractivity contribution in [2.45, 2.75) is 13.0 Å². The Morgan fingerprint density at radius 1 is 1.44 bits per heavy atom. The van der Waals surface area contributed by atoms with Crippen molar-refractivity contribution in [3.63, 3.8) is 0 Å². The smallest absolute Gasteiger partial charge is 0.254 e. The Labute approximate surface area is 102 Å². The van der Waals surface area contributed by atoms with Gasteiger partial charge in [-0.1, -0.05) is 6.07 Å². The van der Waals surface area contributed by atoms with E-state index < -0.39 is 17.5 Å². The summed E-state index contributed by atoms with van der Waals surface area (Å²) in [5.41, 5.74) is 0.436. The van der Waals surface area contributed by atoms with Crippen molar-refractivity contribution in [3.05, 3.63) is 53.4 Å². The van der Waals surface area contributed by atoms with Crippen LogP contribution in [-0.2, 0) is 0 Å². The molecule has 1 heterocycles. The second kappa shape index (κ2) is 4.95. The van der Waals surface area contributed by atoms with Crippen LogP contribution in [-0.4, -0.2) is 16.1 Å². The van der Waals surface area contributed by atoms with Crippen LogP contribution in [0.15, 0.2) is 30.6 Å². The maximum atomic E-state index is 13.4. The van der Waals surface area contributed by atoms with Gasteiger partial charge in [0.2, 0.25) is 0 Å². The highest BCUT2D eigenvalue weighted by atomic mass is 19.2. The summed E-state index contributed by atoms with van der Waals surface area (Å²) in [6.45, 7) is 1.72. The lowest BCUT2D eigenvalue weighted by molar-refractivity contribution is 0.0935. The number of carbonyl (C=O) groups excluding carboxylic acids is 1. The van der Waals surface area contributed by atoms with Crippen molar-refractivity contribution in [3.8, 4) is 0 Å². The second-order valence-corrected chi connectivity index (χ2v) is 3.83. The lowest BCUT2D eigenvalue weighted by Gasteiger charge is -2.12. The molecule has 1 amide bonds. The topological polar surface area (TPSA) is 57.8 Å². The molecule has 0 aliphatic carbocycles. The Balaban J connectivity index is 2.15. The number of hydrogen-bond donors (Lipinski definition) is 2. The van der Waals surface area contributed by atoms with E-state index >= 15 is 0 Å². The summed E-state index contributed by atoms with van der Waals surface area (Å²) in [6, 6.07) is 3.14. The summed E-state index contributed by atoms with van der Waals surface area (Å²) >= 11 is 0. The molecule has 6 heteroatoms. The molecule has 94 valence electrons. The molecule has 2 aromatic rings. The third-order valence-electron chi connectivity index (χ3n) is 2.56. The van der Waals surface area contributed by atoms with Crippen LogP contribution >= 0.6 is 0 Å². The van der Waals surface area contributed by atoms with E-state index in [1.807, 2.05) is 0 Å². The molecule has 0 spiro atoms. The van der Waals surface area contributed by atoms with E-state index in [9.17, 15) is 13.6 Å². The minimum absolute atomic E-state index is 0.314. The van der Waals surface area contributed by atoms with Crippen molar-refractivity contribution in [2.24, 2.45) is 0 Å². The average molecular weight is 251 g/mol. The molecule has 1 atom stereocenters. The number of aromatic nitrogens is 2. The zero-order chi connectivity index (χ0) is 13.1. The molecule has 0 aliphatic heterocycles. The molecular weight excluding hydrogens is 240 g/mol. The van der Waals surface area contributed by atoms with Crippen LogP contribution in [0.3, 0.4) is 0 Å². The lowest BCUT2D eigenvalue weighted by atomic mass is 10.1. The van der Waals surface area contributed by atoms with E-state index in [2.05, 4.69) is 15.5 Å². The minimum Gasteiger partial charge on any atom is -0.345 e. The number of carbonyl (C=O) groups is 1. The van der Waals surface area contributed by atoms with Gasteiger partial charge in [-0.2, -0.15) is 5.10 Å². The standard InChI is InChI=1S/C12H11F2N3O/c1-7(8-5-15-16-6-8)17-12(18)9-3-2-4-10(13)11(9)14/h2-7H,1H3,(H,15,16)(H,17,18). The van der Waals surface area contributed by atoms with Gasteiger partial charge in [0.05, 0.1) is 17.8 Å². The van der Waals surface area contributed by atoms with Crippen LogP contribution in [0.2, 0.25) is 0 Å². The third kappa shape index (κ3) is 2.37. The fourth-order valence-corrected chi connectivity index (χ4v) is 1.53. The molecular formula is C12H11F2N3O. The van der Waals surface area contributed by atoms with Gasteiger partial charge in [0.1, 0.15) is 0 Å². The van der Waals surface area contributed by atoms with Crippen LogP contribution in [0.4, 0.5) is 8.78 Å². The van der Waals surface area contributed by atoms with Crippen LogP contribution in [0.25, 0.3) is 0 Å². The molecule has 2 rings (SSSR count). The molecule has 1 aromatic carbocycles. The molecule has 0 bridgehead atoms. The molecule has 0 saturated carbocycles. The first-order valence-electron chi connectivity index (χ1n) is 5.33. The number of nitrogens with zero attached hydrogens (tertiary/aromatic N) is 1. The van der Waals surface area contributed by atoms with Gasteiger partial charge >= 0.3 is 0 Å². The largest absolute Gasteiger partial charge is 0.345 e. The van der Waals surface area contributed by atoms with Crippen molar-refractivity contribution in [1.29, 1.82) is 0 Å². The Bertz CT molecular complexity index is 554. The average Bonchev–Trinajstić information content (AvgIpc) is 2.86. The van der Waals surface area contributed by atoms with E-state index in [0.717, 1.165) is 11.6 Å². The van der Waals surface area contributed by atoms with Gasteiger partial charge < -0.3 is 5.32 Å². The summed E-state index contributed by atoms with van der Waals surface area (Å²) < 4.78 is 26.4. The first-order chi connectivity index (χ1) is 8.59. The fourth-order valence-electron chi connectivity index (χ4n) is 1.53. The van der Waals surface area contributed by atoms with Gasteiger partial charge in [0, 0.05) is 11.8 Å². The number of aromatic amines is 1. The lowest BCUT2D eigenvalue weighted by Crippen LogP contribution is -2.27. The summed E-state index contributed by atoms with van der Waals surface area (Å²) in [6.07, 6.45) is 3.17. The Hall–Kier alpha value is -2.24. The summed E-state index contributed by atoms with van der Waals surface area (Å²) in [4.78, 5) is 11.8. The number of H-pyrrole nitrogens is 1. The number of hydrogen-bond acceptors (Lipinski definition) is 2. The predicted molar refractivity (Wildman–Crippen MR) is 60.8 cm³/mol. The van der Waals surface area contributed by atoms with Crippen LogP contribution in [0.1, 0.15) is 28.9 Å². The molecule has 1 unspecified atom stereocenters. The molecule has 4 nitrogen and oxygen atoms in total. The summed E-state index contributed by atoms with van der Waals surface area (Å²) in [7, 11) is 0. The zero-order valence-electron chi connectivity index (χ0n) is 9.58. The molecule has 0 radical (unpaired) electrons. The van der Waals surface area contributed by atoms with Gasteiger partial charge in [-0.25, -0.2) is 8.78 Å². The van der Waals surface area contributed by atoms with Gasteiger partial charge in [0.15, 0.2) is 11.6 Å². The molecule has 0 aliphatic rings. The predicted octanol–water partition coefficient (Wildman–Crippen LogP) is 2.18. The van der Waals surface area contributed by atoms with Crippen LogP contribution in [0, 0.1) is 11.6 Å².